The van der Waals surface area contributed by atoms with Gasteiger partial charge in [0.2, 0.25) is 5.91 Å². The van der Waals surface area contributed by atoms with E-state index in [1.807, 2.05) is 19.9 Å². The molecule has 17 heavy (non-hydrogen) atoms. The van der Waals surface area contributed by atoms with Crippen LogP contribution in [0.15, 0.2) is 12.1 Å². The Morgan fingerprint density at radius 1 is 1.65 bits per heavy atom. The van der Waals surface area contributed by atoms with Gasteiger partial charge < -0.3 is 10.6 Å². The van der Waals surface area contributed by atoms with Gasteiger partial charge in [-0.2, -0.15) is 5.26 Å². The smallest absolute Gasteiger partial charge is 0.237 e. The lowest BCUT2D eigenvalue weighted by Crippen LogP contribution is -2.39. The molecule has 0 saturated carbocycles. The Hall–Kier alpha value is -1.80. The zero-order chi connectivity index (χ0) is 13.0. The maximum absolute atomic E-state index is 11.0. The number of amides is 1. The summed E-state index contributed by atoms with van der Waals surface area (Å²) in [7, 11) is 0. The van der Waals surface area contributed by atoms with Gasteiger partial charge in [0, 0.05) is 6.04 Å². The molecule has 0 aliphatic carbocycles. The number of halogens is 1. The van der Waals surface area contributed by atoms with Crippen molar-refractivity contribution in [2.75, 3.05) is 11.4 Å². The highest BCUT2D eigenvalue weighted by atomic mass is 35.5. The highest BCUT2D eigenvalue weighted by molar-refractivity contribution is 6.29. The van der Waals surface area contributed by atoms with E-state index in [1.165, 1.54) is 6.07 Å². The predicted molar refractivity (Wildman–Crippen MR) is 65.6 cm³/mol. The van der Waals surface area contributed by atoms with Crippen molar-refractivity contribution in [2.45, 2.75) is 19.9 Å². The molecule has 0 saturated heterocycles. The van der Waals surface area contributed by atoms with Crippen molar-refractivity contribution in [3.05, 3.63) is 22.8 Å². The van der Waals surface area contributed by atoms with Gasteiger partial charge in [-0.3, -0.25) is 4.79 Å². The molecular weight excluding hydrogens is 240 g/mol. The third kappa shape index (κ3) is 3.61. The Kier molecular flexibility index (Phi) is 4.30. The summed E-state index contributed by atoms with van der Waals surface area (Å²) in [6.45, 7) is 3.84. The molecule has 1 aromatic rings. The van der Waals surface area contributed by atoms with Crippen LogP contribution >= 0.6 is 11.6 Å². The fourth-order valence-electron chi connectivity index (χ4n) is 1.39. The Balaban J connectivity index is 3.14. The van der Waals surface area contributed by atoms with Gasteiger partial charge in [0.1, 0.15) is 11.0 Å². The SMILES string of the molecule is CC(C)N(CC(N)=O)c1cc(C#N)cc(Cl)n1. The summed E-state index contributed by atoms with van der Waals surface area (Å²) in [5.74, 6) is 0.0156. The van der Waals surface area contributed by atoms with Crippen LogP contribution in [0.2, 0.25) is 5.15 Å². The molecule has 0 unspecified atom stereocenters. The van der Waals surface area contributed by atoms with Crippen LogP contribution in [0.5, 0.6) is 0 Å². The van der Waals surface area contributed by atoms with E-state index < -0.39 is 5.91 Å². The molecule has 1 amide bonds. The fourth-order valence-corrected chi connectivity index (χ4v) is 1.59. The molecule has 2 N–H and O–H groups in total. The van der Waals surface area contributed by atoms with E-state index in [4.69, 9.17) is 22.6 Å². The van der Waals surface area contributed by atoms with Gasteiger partial charge in [0.25, 0.3) is 0 Å². The molecule has 90 valence electrons. The predicted octanol–water partition coefficient (Wildman–Crippen LogP) is 1.31. The number of rotatable bonds is 4. The Labute approximate surface area is 105 Å². The van der Waals surface area contributed by atoms with E-state index in [-0.39, 0.29) is 17.7 Å². The van der Waals surface area contributed by atoms with Gasteiger partial charge in [0.05, 0.1) is 18.2 Å². The molecular formula is C11H13ClN4O. The van der Waals surface area contributed by atoms with Crippen LogP contribution in [0, 0.1) is 11.3 Å². The van der Waals surface area contributed by atoms with Crippen LogP contribution in [0.4, 0.5) is 5.82 Å². The summed E-state index contributed by atoms with van der Waals surface area (Å²) >= 11 is 5.81. The zero-order valence-corrected chi connectivity index (χ0v) is 10.4. The molecule has 5 nitrogen and oxygen atoms in total. The van der Waals surface area contributed by atoms with Crippen LogP contribution in [0.3, 0.4) is 0 Å². The minimum Gasteiger partial charge on any atom is -0.368 e. The largest absolute Gasteiger partial charge is 0.368 e. The summed E-state index contributed by atoms with van der Waals surface area (Å²) in [6, 6.07) is 5.06. The van der Waals surface area contributed by atoms with E-state index >= 15 is 0 Å². The number of nitrogens with zero attached hydrogens (tertiary/aromatic N) is 3. The van der Waals surface area contributed by atoms with Crippen molar-refractivity contribution >= 4 is 23.3 Å². The number of anilines is 1. The van der Waals surface area contributed by atoms with Gasteiger partial charge in [-0.15, -0.1) is 0 Å². The van der Waals surface area contributed by atoms with Gasteiger partial charge in [-0.1, -0.05) is 11.6 Å². The third-order valence-electron chi connectivity index (χ3n) is 2.15. The first-order valence-corrected chi connectivity index (χ1v) is 5.44. The number of hydrogen-bond acceptors (Lipinski definition) is 4. The maximum Gasteiger partial charge on any atom is 0.237 e. The number of primary amides is 1. The molecule has 0 spiro atoms. The number of aromatic nitrogens is 1. The molecule has 0 bridgehead atoms. The second kappa shape index (κ2) is 5.51. The Morgan fingerprint density at radius 2 is 2.29 bits per heavy atom. The lowest BCUT2D eigenvalue weighted by Gasteiger charge is -2.26. The number of hydrogen-bond donors (Lipinski definition) is 1. The van der Waals surface area contributed by atoms with E-state index in [9.17, 15) is 4.79 Å². The maximum atomic E-state index is 11.0. The van der Waals surface area contributed by atoms with Gasteiger partial charge in [-0.05, 0) is 26.0 Å². The van der Waals surface area contributed by atoms with Gasteiger partial charge in [0.15, 0.2) is 0 Å². The highest BCUT2D eigenvalue weighted by Gasteiger charge is 2.15. The molecule has 0 aliphatic rings. The second-order valence-corrected chi connectivity index (χ2v) is 4.22. The molecule has 1 heterocycles. The monoisotopic (exact) mass is 252 g/mol. The van der Waals surface area contributed by atoms with Crippen LogP contribution in [-0.2, 0) is 4.79 Å². The minimum absolute atomic E-state index is 0.0278. The Bertz CT molecular complexity index is 467. The Morgan fingerprint density at radius 3 is 2.76 bits per heavy atom. The van der Waals surface area contributed by atoms with Crippen LogP contribution in [0.25, 0.3) is 0 Å². The molecule has 0 aromatic carbocycles. The molecule has 0 aliphatic heterocycles. The highest BCUT2D eigenvalue weighted by Crippen LogP contribution is 2.19. The first-order chi connectivity index (χ1) is 7.93. The van der Waals surface area contributed by atoms with Crippen LogP contribution in [0.1, 0.15) is 19.4 Å². The van der Waals surface area contributed by atoms with Crippen molar-refractivity contribution in [2.24, 2.45) is 5.73 Å². The van der Waals surface area contributed by atoms with Crippen LogP contribution in [-0.4, -0.2) is 23.5 Å². The molecule has 0 radical (unpaired) electrons. The topological polar surface area (TPSA) is 83.0 Å². The summed E-state index contributed by atoms with van der Waals surface area (Å²) in [4.78, 5) is 16.8. The standard InChI is InChI=1S/C11H13ClN4O/c1-7(2)16(6-10(14)17)11-4-8(5-13)3-9(12)15-11/h3-4,7H,6H2,1-2H3,(H2,14,17). The number of carbonyl (C=O) groups is 1. The third-order valence-corrected chi connectivity index (χ3v) is 2.35. The summed E-state index contributed by atoms with van der Waals surface area (Å²) in [5, 5.41) is 9.06. The summed E-state index contributed by atoms with van der Waals surface area (Å²) in [6.07, 6.45) is 0. The zero-order valence-electron chi connectivity index (χ0n) is 9.64. The average molecular weight is 253 g/mol. The average Bonchev–Trinajstić information content (AvgIpc) is 2.24. The number of carbonyl (C=O) groups excluding carboxylic acids is 1. The molecule has 6 heteroatoms. The quantitative estimate of drug-likeness (QED) is 0.819. The van der Waals surface area contributed by atoms with E-state index in [0.717, 1.165) is 0 Å². The fraction of sp³-hybridized carbons (Fsp3) is 0.364. The number of pyridine rings is 1. The minimum atomic E-state index is -0.459. The van der Waals surface area contributed by atoms with E-state index in [0.29, 0.717) is 11.4 Å². The first kappa shape index (κ1) is 13.3. The second-order valence-electron chi connectivity index (χ2n) is 3.84. The molecule has 0 fully saturated rings. The normalized spacial score (nSPS) is 10.1. The lowest BCUT2D eigenvalue weighted by atomic mass is 10.2. The number of nitrogens with two attached hydrogens (primary N) is 1. The van der Waals surface area contributed by atoms with Gasteiger partial charge in [-0.25, -0.2) is 4.98 Å². The molecule has 1 aromatic heterocycles. The van der Waals surface area contributed by atoms with Crippen molar-refractivity contribution in [3.63, 3.8) is 0 Å². The first-order valence-electron chi connectivity index (χ1n) is 5.06. The van der Waals surface area contributed by atoms with Gasteiger partial charge >= 0.3 is 0 Å². The van der Waals surface area contributed by atoms with E-state index in [2.05, 4.69) is 4.98 Å². The summed E-state index contributed by atoms with van der Waals surface area (Å²) in [5.41, 5.74) is 5.57. The summed E-state index contributed by atoms with van der Waals surface area (Å²) < 4.78 is 0. The van der Waals surface area contributed by atoms with Crippen molar-refractivity contribution in [1.82, 2.24) is 4.98 Å². The van der Waals surface area contributed by atoms with Crippen molar-refractivity contribution < 1.29 is 4.79 Å². The number of nitriles is 1. The lowest BCUT2D eigenvalue weighted by molar-refractivity contribution is -0.116. The van der Waals surface area contributed by atoms with Crippen molar-refractivity contribution in [3.8, 4) is 6.07 Å². The van der Waals surface area contributed by atoms with Crippen LogP contribution < -0.4 is 10.6 Å². The molecule has 0 atom stereocenters. The van der Waals surface area contributed by atoms with E-state index in [1.54, 1.807) is 11.0 Å². The molecule has 1 rings (SSSR count). The van der Waals surface area contributed by atoms with Crippen molar-refractivity contribution in [1.29, 1.82) is 5.26 Å².